The molecule has 3 heterocycles. The van der Waals surface area contributed by atoms with E-state index in [2.05, 4.69) is 15.2 Å². The van der Waals surface area contributed by atoms with E-state index in [1.165, 1.54) is 25.1 Å². The summed E-state index contributed by atoms with van der Waals surface area (Å²) in [4.78, 5) is 2.54. The lowest BCUT2D eigenvalue weighted by Crippen LogP contribution is -2.38. The minimum absolute atomic E-state index is 0.735. The molecule has 0 aromatic carbocycles. The lowest BCUT2D eigenvalue weighted by Gasteiger charge is -2.29. The standard InChI is InChI=1S/C8H12N4/c1-2-7-6-12-8(4-9-10-12)5-11(7)3-1/h4,7H,1-3,5-6H2/t7-/m0/s1. The Hall–Kier alpha value is -0.900. The zero-order valence-corrected chi connectivity index (χ0v) is 6.98. The van der Waals surface area contributed by atoms with Crippen molar-refractivity contribution in [3.63, 3.8) is 0 Å². The molecule has 1 aromatic heterocycles. The number of aromatic nitrogens is 3. The highest BCUT2D eigenvalue weighted by atomic mass is 15.5. The van der Waals surface area contributed by atoms with Gasteiger partial charge in [-0.15, -0.1) is 5.10 Å². The van der Waals surface area contributed by atoms with Gasteiger partial charge in [-0.25, -0.2) is 4.68 Å². The van der Waals surface area contributed by atoms with E-state index in [-0.39, 0.29) is 0 Å². The van der Waals surface area contributed by atoms with Crippen molar-refractivity contribution in [2.45, 2.75) is 32.0 Å². The second kappa shape index (κ2) is 2.29. The smallest absolute Gasteiger partial charge is 0.0738 e. The van der Waals surface area contributed by atoms with Crippen LogP contribution in [0.3, 0.4) is 0 Å². The van der Waals surface area contributed by atoms with E-state index in [0.717, 1.165) is 19.1 Å². The number of nitrogens with zero attached hydrogens (tertiary/aromatic N) is 4. The van der Waals surface area contributed by atoms with Crippen molar-refractivity contribution in [2.24, 2.45) is 0 Å². The highest BCUT2D eigenvalue weighted by Crippen LogP contribution is 2.24. The Balaban J connectivity index is 1.95. The fourth-order valence-corrected chi connectivity index (χ4v) is 2.27. The normalized spacial score (nSPS) is 28.5. The highest BCUT2D eigenvalue weighted by Gasteiger charge is 2.30. The van der Waals surface area contributed by atoms with Crippen molar-refractivity contribution < 1.29 is 0 Å². The predicted octanol–water partition coefficient (Wildman–Crippen LogP) is 0.256. The van der Waals surface area contributed by atoms with E-state index < -0.39 is 0 Å². The van der Waals surface area contributed by atoms with Gasteiger partial charge in [-0.05, 0) is 19.4 Å². The first-order valence-corrected chi connectivity index (χ1v) is 4.55. The van der Waals surface area contributed by atoms with Gasteiger partial charge in [0.25, 0.3) is 0 Å². The monoisotopic (exact) mass is 164 g/mol. The van der Waals surface area contributed by atoms with Crippen molar-refractivity contribution >= 4 is 0 Å². The molecule has 0 radical (unpaired) electrons. The third-order valence-electron chi connectivity index (χ3n) is 2.95. The molecular weight excluding hydrogens is 152 g/mol. The van der Waals surface area contributed by atoms with Crippen LogP contribution in [0.1, 0.15) is 18.5 Å². The van der Waals surface area contributed by atoms with Gasteiger partial charge in [-0.1, -0.05) is 5.21 Å². The van der Waals surface area contributed by atoms with Crippen LogP contribution in [0, 0.1) is 0 Å². The van der Waals surface area contributed by atoms with Crippen LogP contribution in [-0.2, 0) is 13.1 Å². The Morgan fingerprint density at radius 3 is 3.50 bits per heavy atom. The zero-order valence-electron chi connectivity index (χ0n) is 6.98. The fraction of sp³-hybridized carbons (Fsp3) is 0.750. The fourth-order valence-electron chi connectivity index (χ4n) is 2.27. The summed E-state index contributed by atoms with van der Waals surface area (Å²) in [7, 11) is 0. The summed E-state index contributed by atoms with van der Waals surface area (Å²) in [6.45, 7) is 3.36. The summed E-state index contributed by atoms with van der Waals surface area (Å²) in [5.74, 6) is 0. The molecule has 64 valence electrons. The third kappa shape index (κ3) is 0.813. The van der Waals surface area contributed by atoms with Crippen molar-refractivity contribution in [1.82, 2.24) is 19.9 Å². The second-order valence-corrected chi connectivity index (χ2v) is 3.67. The Morgan fingerprint density at radius 2 is 2.50 bits per heavy atom. The van der Waals surface area contributed by atoms with Gasteiger partial charge in [0.05, 0.1) is 18.4 Å². The molecule has 4 nitrogen and oxygen atoms in total. The molecule has 0 N–H and O–H groups in total. The van der Waals surface area contributed by atoms with Crippen molar-refractivity contribution in [3.8, 4) is 0 Å². The Bertz CT molecular complexity index is 267. The first-order valence-electron chi connectivity index (χ1n) is 4.55. The maximum Gasteiger partial charge on any atom is 0.0738 e. The quantitative estimate of drug-likeness (QED) is 0.551. The number of hydrogen-bond donors (Lipinski definition) is 0. The van der Waals surface area contributed by atoms with Crippen LogP contribution in [0.5, 0.6) is 0 Å². The summed E-state index contributed by atoms with van der Waals surface area (Å²) < 4.78 is 2.05. The van der Waals surface area contributed by atoms with Gasteiger partial charge in [0.2, 0.25) is 0 Å². The lowest BCUT2D eigenvalue weighted by atomic mass is 10.2. The third-order valence-corrected chi connectivity index (χ3v) is 2.95. The van der Waals surface area contributed by atoms with Gasteiger partial charge in [-0.3, -0.25) is 4.90 Å². The molecule has 1 atom stereocenters. The van der Waals surface area contributed by atoms with E-state index in [1.54, 1.807) is 0 Å². The van der Waals surface area contributed by atoms with Gasteiger partial charge in [0.15, 0.2) is 0 Å². The van der Waals surface area contributed by atoms with Crippen LogP contribution in [0.15, 0.2) is 6.20 Å². The molecule has 0 unspecified atom stereocenters. The molecule has 0 amide bonds. The van der Waals surface area contributed by atoms with Gasteiger partial charge in [0.1, 0.15) is 0 Å². The Kier molecular flexibility index (Phi) is 1.26. The molecule has 0 spiro atoms. The molecule has 1 fully saturated rings. The van der Waals surface area contributed by atoms with Crippen LogP contribution < -0.4 is 0 Å². The van der Waals surface area contributed by atoms with Crippen molar-refractivity contribution in [3.05, 3.63) is 11.9 Å². The van der Waals surface area contributed by atoms with Crippen LogP contribution in [0.4, 0.5) is 0 Å². The van der Waals surface area contributed by atoms with E-state index in [9.17, 15) is 0 Å². The molecule has 0 saturated carbocycles. The topological polar surface area (TPSA) is 34.0 Å². The summed E-state index contributed by atoms with van der Waals surface area (Å²) in [5, 5.41) is 7.97. The number of hydrogen-bond acceptors (Lipinski definition) is 3. The molecule has 2 aliphatic rings. The first kappa shape index (κ1) is 6.60. The van der Waals surface area contributed by atoms with Crippen LogP contribution in [-0.4, -0.2) is 32.5 Å². The highest BCUT2D eigenvalue weighted by molar-refractivity contribution is 5.00. The predicted molar refractivity (Wildman–Crippen MR) is 43.5 cm³/mol. The van der Waals surface area contributed by atoms with Crippen molar-refractivity contribution in [1.29, 1.82) is 0 Å². The summed E-state index contributed by atoms with van der Waals surface area (Å²) >= 11 is 0. The van der Waals surface area contributed by atoms with E-state index in [4.69, 9.17) is 0 Å². The minimum Gasteiger partial charge on any atom is -0.293 e. The molecule has 12 heavy (non-hydrogen) atoms. The average Bonchev–Trinajstić information content (AvgIpc) is 2.64. The molecule has 3 rings (SSSR count). The van der Waals surface area contributed by atoms with Crippen molar-refractivity contribution in [2.75, 3.05) is 6.54 Å². The maximum atomic E-state index is 4.06. The Labute approximate surface area is 71.2 Å². The summed E-state index contributed by atoms with van der Waals surface area (Å²) in [5.41, 5.74) is 1.27. The van der Waals surface area contributed by atoms with Gasteiger partial charge in [0, 0.05) is 12.6 Å². The molecule has 1 saturated heterocycles. The lowest BCUT2D eigenvalue weighted by molar-refractivity contribution is 0.180. The zero-order chi connectivity index (χ0) is 7.97. The van der Waals surface area contributed by atoms with E-state index in [0.29, 0.717) is 0 Å². The second-order valence-electron chi connectivity index (χ2n) is 3.67. The summed E-state index contributed by atoms with van der Waals surface area (Å²) in [6, 6.07) is 0.735. The minimum atomic E-state index is 0.735. The van der Waals surface area contributed by atoms with Gasteiger partial charge < -0.3 is 0 Å². The average molecular weight is 164 g/mol. The molecule has 1 aromatic rings. The van der Waals surface area contributed by atoms with Crippen LogP contribution >= 0.6 is 0 Å². The van der Waals surface area contributed by atoms with E-state index >= 15 is 0 Å². The number of rotatable bonds is 0. The maximum absolute atomic E-state index is 4.06. The first-order chi connectivity index (χ1) is 5.93. The van der Waals surface area contributed by atoms with Crippen LogP contribution in [0.25, 0.3) is 0 Å². The van der Waals surface area contributed by atoms with E-state index in [1.807, 2.05) is 10.9 Å². The molecule has 4 heteroatoms. The van der Waals surface area contributed by atoms with Gasteiger partial charge >= 0.3 is 0 Å². The number of fused-ring (bicyclic) bond motifs is 2. The largest absolute Gasteiger partial charge is 0.293 e. The molecule has 2 aliphatic heterocycles. The van der Waals surface area contributed by atoms with Gasteiger partial charge in [-0.2, -0.15) is 0 Å². The Morgan fingerprint density at radius 1 is 1.50 bits per heavy atom. The molecular formula is C8H12N4. The molecule has 0 aliphatic carbocycles. The SMILES string of the molecule is c1nnn2c1CN1CCC[C@H]1C2. The summed E-state index contributed by atoms with van der Waals surface area (Å²) in [6.07, 6.45) is 4.57. The van der Waals surface area contributed by atoms with Crippen LogP contribution in [0.2, 0.25) is 0 Å². The molecule has 0 bridgehead atoms.